The molecule has 7 nitrogen and oxygen atoms in total. The Morgan fingerprint density at radius 1 is 1.09 bits per heavy atom. The average molecular weight is 481 g/mol. The lowest BCUT2D eigenvalue weighted by molar-refractivity contribution is -0.128. The number of nitrogens with zero attached hydrogens (tertiary/aromatic N) is 1. The van der Waals surface area contributed by atoms with Gasteiger partial charge in [-0.1, -0.05) is 48.9 Å². The van der Waals surface area contributed by atoms with Gasteiger partial charge in [0.05, 0.1) is 30.3 Å². The van der Waals surface area contributed by atoms with Crippen LogP contribution < -0.4 is 19.1 Å². The van der Waals surface area contributed by atoms with Crippen LogP contribution in [0.15, 0.2) is 77.7 Å². The van der Waals surface area contributed by atoms with Gasteiger partial charge in [0.15, 0.2) is 6.10 Å². The van der Waals surface area contributed by atoms with Gasteiger partial charge in [-0.25, -0.2) is 8.42 Å². The summed E-state index contributed by atoms with van der Waals surface area (Å²) in [5.41, 5.74) is 2.30. The number of methoxy groups -OCH3 is 1. The Morgan fingerprint density at radius 3 is 2.41 bits per heavy atom. The summed E-state index contributed by atoms with van der Waals surface area (Å²) in [6.45, 7) is 3.74. The van der Waals surface area contributed by atoms with Crippen molar-refractivity contribution >= 4 is 21.6 Å². The van der Waals surface area contributed by atoms with E-state index in [2.05, 4.69) is 5.32 Å². The topological polar surface area (TPSA) is 84.9 Å². The molecule has 0 spiro atoms. The monoisotopic (exact) mass is 480 g/mol. The van der Waals surface area contributed by atoms with Gasteiger partial charge in [0.25, 0.3) is 15.9 Å². The first kappa shape index (κ1) is 23.6. The summed E-state index contributed by atoms with van der Waals surface area (Å²) in [5, 5.41) is 3.01. The Kier molecular flexibility index (Phi) is 6.79. The van der Waals surface area contributed by atoms with Gasteiger partial charge >= 0.3 is 0 Å². The zero-order valence-electron chi connectivity index (χ0n) is 19.4. The number of fused-ring (bicyclic) bond motifs is 1. The lowest BCUT2D eigenvalue weighted by atomic mass is 10.0. The number of para-hydroxylation sites is 2. The van der Waals surface area contributed by atoms with Crippen LogP contribution in [0.5, 0.6) is 11.5 Å². The molecule has 0 saturated carbocycles. The maximum Gasteiger partial charge on any atom is 0.264 e. The van der Waals surface area contributed by atoms with Crippen molar-refractivity contribution in [3.8, 4) is 11.5 Å². The molecule has 0 unspecified atom stereocenters. The zero-order chi connectivity index (χ0) is 24.3. The number of sulfonamides is 1. The second-order valence-corrected chi connectivity index (χ2v) is 10.0. The van der Waals surface area contributed by atoms with Crippen LogP contribution in [0.2, 0.25) is 0 Å². The average Bonchev–Trinajstić information content (AvgIpc) is 2.86. The van der Waals surface area contributed by atoms with E-state index in [4.69, 9.17) is 9.47 Å². The van der Waals surface area contributed by atoms with Crippen molar-refractivity contribution in [2.24, 2.45) is 0 Å². The molecule has 0 fully saturated rings. The van der Waals surface area contributed by atoms with Crippen molar-refractivity contribution in [1.29, 1.82) is 0 Å². The number of hydrogen-bond donors (Lipinski definition) is 1. The summed E-state index contributed by atoms with van der Waals surface area (Å²) in [6, 6.07) is 20.8. The smallest absolute Gasteiger partial charge is 0.264 e. The molecule has 34 heavy (non-hydrogen) atoms. The van der Waals surface area contributed by atoms with E-state index in [9.17, 15) is 13.2 Å². The van der Waals surface area contributed by atoms with Crippen LogP contribution in [0.3, 0.4) is 0 Å². The van der Waals surface area contributed by atoms with Crippen LogP contribution in [0.25, 0.3) is 0 Å². The zero-order valence-corrected chi connectivity index (χ0v) is 20.2. The SMILES string of the molecule is CC[C@H](NC(=O)[C@@H]1CN(S(=O)(=O)c2ccc(C)cc2)c2ccccc2O1)c1ccc(OC)cc1. The van der Waals surface area contributed by atoms with Gasteiger partial charge < -0.3 is 14.8 Å². The van der Waals surface area contributed by atoms with Crippen molar-refractivity contribution < 1.29 is 22.7 Å². The van der Waals surface area contributed by atoms with E-state index in [-0.39, 0.29) is 23.4 Å². The minimum absolute atomic E-state index is 0.127. The molecule has 1 amide bonds. The predicted molar refractivity (Wildman–Crippen MR) is 131 cm³/mol. The highest BCUT2D eigenvalue weighted by Gasteiger charge is 2.38. The number of nitrogens with one attached hydrogen (secondary N) is 1. The van der Waals surface area contributed by atoms with E-state index in [0.29, 0.717) is 17.9 Å². The number of amides is 1. The summed E-state index contributed by atoms with van der Waals surface area (Å²) in [4.78, 5) is 13.4. The number of hydrogen-bond acceptors (Lipinski definition) is 5. The van der Waals surface area contributed by atoms with Crippen molar-refractivity contribution in [2.45, 2.75) is 37.3 Å². The number of rotatable bonds is 7. The van der Waals surface area contributed by atoms with E-state index < -0.39 is 16.1 Å². The van der Waals surface area contributed by atoms with E-state index in [1.54, 1.807) is 55.6 Å². The summed E-state index contributed by atoms with van der Waals surface area (Å²) in [6.07, 6.45) is -0.338. The summed E-state index contributed by atoms with van der Waals surface area (Å²) < 4.78 is 39.5. The molecule has 1 aliphatic rings. The molecular formula is C26H28N2O5S. The van der Waals surface area contributed by atoms with Gasteiger partial charge in [0.2, 0.25) is 0 Å². The molecule has 0 saturated heterocycles. The molecule has 3 aromatic rings. The number of benzene rings is 3. The Bertz CT molecular complexity index is 1260. The lowest BCUT2D eigenvalue weighted by Gasteiger charge is -2.35. The van der Waals surface area contributed by atoms with Crippen molar-refractivity contribution in [1.82, 2.24) is 5.32 Å². The minimum atomic E-state index is -3.89. The summed E-state index contributed by atoms with van der Waals surface area (Å²) in [7, 11) is -2.29. The summed E-state index contributed by atoms with van der Waals surface area (Å²) in [5.74, 6) is 0.706. The van der Waals surface area contributed by atoms with E-state index in [1.807, 2.05) is 38.1 Å². The summed E-state index contributed by atoms with van der Waals surface area (Å²) >= 11 is 0. The van der Waals surface area contributed by atoms with Crippen LogP contribution in [0, 0.1) is 6.92 Å². The van der Waals surface area contributed by atoms with E-state index in [0.717, 1.165) is 16.9 Å². The van der Waals surface area contributed by atoms with Crippen LogP contribution >= 0.6 is 0 Å². The second-order valence-electron chi connectivity index (χ2n) is 8.17. The van der Waals surface area contributed by atoms with Gasteiger partial charge in [-0.05, 0) is 55.3 Å². The van der Waals surface area contributed by atoms with Crippen molar-refractivity contribution in [3.05, 3.63) is 83.9 Å². The van der Waals surface area contributed by atoms with Gasteiger partial charge in [0, 0.05) is 0 Å². The van der Waals surface area contributed by atoms with Crippen LogP contribution in [0.4, 0.5) is 5.69 Å². The molecule has 178 valence electrons. The third-order valence-electron chi connectivity index (χ3n) is 5.88. The fraction of sp³-hybridized carbons (Fsp3) is 0.269. The van der Waals surface area contributed by atoms with Crippen LogP contribution in [-0.4, -0.2) is 34.1 Å². The maximum absolute atomic E-state index is 13.5. The fourth-order valence-corrected chi connectivity index (χ4v) is 5.40. The molecule has 4 rings (SSSR count). The third kappa shape index (κ3) is 4.72. The molecule has 0 aromatic heterocycles. The van der Waals surface area contributed by atoms with Gasteiger partial charge in [-0.15, -0.1) is 0 Å². The fourth-order valence-electron chi connectivity index (χ4n) is 3.93. The number of carbonyl (C=O) groups is 1. The van der Waals surface area contributed by atoms with Crippen molar-refractivity contribution in [3.63, 3.8) is 0 Å². The number of aryl methyl sites for hydroxylation is 1. The molecule has 1 N–H and O–H groups in total. The second kappa shape index (κ2) is 9.77. The van der Waals surface area contributed by atoms with Gasteiger partial charge in [0.1, 0.15) is 11.5 Å². The molecule has 1 heterocycles. The quantitative estimate of drug-likeness (QED) is 0.547. The molecule has 1 aliphatic heterocycles. The minimum Gasteiger partial charge on any atom is -0.497 e. The first-order valence-electron chi connectivity index (χ1n) is 11.1. The predicted octanol–water partition coefficient (Wildman–Crippen LogP) is 4.23. The molecule has 2 atom stereocenters. The Labute approximate surface area is 200 Å². The maximum atomic E-state index is 13.5. The third-order valence-corrected chi connectivity index (χ3v) is 7.67. The van der Waals surface area contributed by atoms with Crippen molar-refractivity contribution in [2.75, 3.05) is 18.0 Å². The molecule has 0 aliphatic carbocycles. The lowest BCUT2D eigenvalue weighted by Crippen LogP contribution is -2.51. The molecule has 8 heteroatoms. The molecular weight excluding hydrogens is 452 g/mol. The highest BCUT2D eigenvalue weighted by Crippen LogP contribution is 2.37. The van der Waals surface area contributed by atoms with Gasteiger partial charge in [-0.3, -0.25) is 9.10 Å². The Morgan fingerprint density at radius 2 is 1.76 bits per heavy atom. The molecule has 0 radical (unpaired) electrons. The van der Waals surface area contributed by atoms with Gasteiger partial charge in [-0.2, -0.15) is 0 Å². The molecule has 3 aromatic carbocycles. The van der Waals surface area contributed by atoms with Crippen LogP contribution in [0.1, 0.15) is 30.5 Å². The van der Waals surface area contributed by atoms with Crippen LogP contribution in [-0.2, 0) is 14.8 Å². The largest absolute Gasteiger partial charge is 0.497 e. The number of ether oxygens (including phenoxy) is 2. The first-order valence-corrected chi connectivity index (χ1v) is 12.6. The number of anilines is 1. The standard InChI is InChI=1S/C26H28N2O5S/c1-4-22(19-11-13-20(32-3)14-12-19)27-26(29)25-17-28(23-7-5-6-8-24(23)33-25)34(30,31)21-15-9-18(2)10-16-21/h5-16,22,25H,4,17H2,1-3H3,(H,27,29)/t22-,25-/m0/s1. The highest BCUT2D eigenvalue weighted by molar-refractivity contribution is 7.92. The highest BCUT2D eigenvalue weighted by atomic mass is 32.2. The Balaban J connectivity index is 1.60. The van der Waals surface area contributed by atoms with E-state index in [1.165, 1.54) is 4.31 Å². The number of carbonyl (C=O) groups excluding carboxylic acids is 1. The first-order chi connectivity index (χ1) is 16.3. The molecule has 0 bridgehead atoms. The normalized spacial score (nSPS) is 16.2. The van der Waals surface area contributed by atoms with E-state index >= 15 is 0 Å². The Hall–Kier alpha value is -3.52.